The van der Waals surface area contributed by atoms with Gasteiger partial charge in [0.25, 0.3) is 0 Å². The normalized spacial score (nSPS) is 11.2. The lowest BCUT2D eigenvalue weighted by molar-refractivity contribution is -0.137. The molecule has 24 heavy (non-hydrogen) atoms. The smallest absolute Gasteiger partial charge is 0.332 e. The van der Waals surface area contributed by atoms with E-state index >= 15 is 0 Å². The predicted molar refractivity (Wildman–Crippen MR) is 92.6 cm³/mol. The van der Waals surface area contributed by atoms with Crippen LogP contribution in [-0.4, -0.2) is 5.11 Å². The first-order chi connectivity index (χ1) is 11.2. The van der Waals surface area contributed by atoms with Crippen LogP contribution in [0.3, 0.4) is 0 Å². The van der Waals surface area contributed by atoms with Crippen molar-refractivity contribution in [3.8, 4) is 0 Å². The van der Waals surface area contributed by atoms with Gasteiger partial charge in [-0.25, -0.2) is 4.39 Å². The van der Waals surface area contributed by atoms with E-state index in [-0.39, 0.29) is 16.4 Å². The highest BCUT2D eigenvalue weighted by atomic mass is 35.5. The van der Waals surface area contributed by atoms with Crippen molar-refractivity contribution in [3.63, 3.8) is 0 Å². The van der Waals surface area contributed by atoms with Crippen LogP contribution in [-0.2, 0) is 12.9 Å². The van der Waals surface area contributed by atoms with Gasteiger partial charge in [0.1, 0.15) is 6.67 Å². The minimum absolute atomic E-state index is 0.0232. The van der Waals surface area contributed by atoms with Crippen molar-refractivity contribution >= 4 is 51.9 Å². The Morgan fingerprint density at radius 3 is 2.21 bits per heavy atom. The molecule has 0 bridgehead atoms. The quantitative estimate of drug-likeness (QED) is 0.470. The zero-order valence-corrected chi connectivity index (χ0v) is 14.2. The zero-order chi connectivity index (χ0) is 17.9. The lowest BCUT2D eigenvalue weighted by atomic mass is 10.1. The fourth-order valence-electron chi connectivity index (χ4n) is 1.87. The molecular weight excluding hydrogens is 387 g/mol. The van der Waals surface area contributed by atoms with Gasteiger partial charge < -0.3 is 10.6 Å². The summed E-state index contributed by atoms with van der Waals surface area (Å²) in [6, 6.07) is 7.50. The van der Waals surface area contributed by atoms with E-state index < -0.39 is 18.4 Å². The Morgan fingerprint density at radius 2 is 1.62 bits per heavy atom. The summed E-state index contributed by atoms with van der Waals surface area (Å²) < 4.78 is 51.2. The Bertz CT molecular complexity index is 766. The maximum Gasteiger partial charge on any atom is 0.416 e. The van der Waals surface area contributed by atoms with Crippen molar-refractivity contribution in [2.75, 3.05) is 10.6 Å². The monoisotopic (exact) mass is 396 g/mol. The van der Waals surface area contributed by atoms with Crippen LogP contribution in [0.4, 0.5) is 28.9 Å². The van der Waals surface area contributed by atoms with Gasteiger partial charge in [-0.05, 0) is 54.2 Å². The van der Waals surface area contributed by atoms with Crippen LogP contribution in [0, 0.1) is 0 Å². The van der Waals surface area contributed by atoms with Crippen molar-refractivity contribution in [3.05, 3.63) is 57.6 Å². The topological polar surface area (TPSA) is 24.1 Å². The summed E-state index contributed by atoms with van der Waals surface area (Å²) in [7, 11) is 0. The molecule has 0 unspecified atom stereocenters. The van der Waals surface area contributed by atoms with Crippen LogP contribution in [0.2, 0.25) is 10.0 Å². The second kappa shape index (κ2) is 7.55. The zero-order valence-electron chi connectivity index (χ0n) is 11.8. The Labute approximate surface area is 150 Å². The van der Waals surface area contributed by atoms with E-state index in [1.807, 2.05) is 0 Å². The maximum absolute atomic E-state index is 12.8. The Morgan fingerprint density at radius 1 is 0.958 bits per heavy atom. The Kier molecular flexibility index (Phi) is 5.90. The molecule has 0 aromatic heterocycles. The van der Waals surface area contributed by atoms with Crippen molar-refractivity contribution in [1.82, 2.24) is 0 Å². The number of alkyl halides is 4. The number of rotatable bonds is 3. The Balaban J connectivity index is 2.17. The molecule has 0 aliphatic heterocycles. The molecule has 0 aliphatic rings. The van der Waals surface area contributed by atoms with E-state index in [4.69, 9.17) is 35.4 Å². The number of hydrogen-bond acceptors (Lipinski definition) is 1. The van der Waals surface area contributed by atoms with E-state index in [0.717, 1.165) is 12.1 Å². The molecule has 0 fully saturated rings. The molecule has 128 valence electrons. The molecule has 2 aromatic rings. The highest BCUT2D eigenvalue weighted by Crippen LogP contribution is 2.32. The second-order valence-corrected chi connectivity index (χ2v) is 5.98. The van der Waals surface area contributed by atoms with Crippen LogP contribution in [0.5, 0.6) is 0 Å². The van der Waals surface area contributed by atoms with Gasteiger partial charge in [-0.2, -0.15) is 13.2 Å². The van der Waals surface area contributed by atoms with Crippen molar-refractivity contribution in [2.45, 2.75) is 12.9 Å². The number of hydrogen-bond donors (Lipinski definition) is 2. The number of nitrogens with one attached hydrogen (secondary N) is 2. The van der Waals surface area contributed by atoms with Crippen LogP contribution in [0.15, 0.2) is 36.4 Å². The van der Waals surface area contributed by atoms with E-state index in [9.17, 15) is 17.6 Å². The number of thiocarbonyl (C=S) groups is 1. The predicted octanol–water partition coefficient (Wildman–Crippen LogP) is 6.29. The van der Waals surface area contributed by atoms with Gasteiger partial charge in [-0.1, -0.05) is 23.2 Å². The van der Waals surface area contributed by atoms with Gasteiger partial charge in [0.05, 0.1) is 15.6 Å². The fraction of sp³-hybridized carbons (Fsp3) is 0.133. The molecule has 2 rings (SSSR count). The highest BCUT2D eigenvalue weighted by Gasteiger charge is 2.31. The van der Waals surface area contributed by atoms with Crippen LogP contribution < -0.4 is 10.6 Å². The van der Waals surface area contributed by atoms with Gasteiger partial charge >= 0.3 is 6.18 Å². The summed E-state index contributed by atoms with van der Waals surface area (Å²) >= 11 is 16.7. The Hall–Kier alpha value is -1.57. The molecule has 0 atom stereocenters. The minimum atomic E-state index is -4.58. The summed E-state index contributed by atoms with van der Waals surface area (Å²) in [6.45, 7) is -1.02. The van der Waals surface area contributed by atoms with Gasteiger partial charge in [-0.3, -0.25) is 0 Å². The van der Waals surface area contributed by atoms with Crippen LogP contribution >= 0.6 is 35.4 Å². The number of halogens is 6. The molecule has 0 spiro atoms. The summed E-state index contributed by atoms with van der Waals surface area (Å²) in [5, 5.41) is 6.02. The van der Waals surface area contributed by atoms with E-state index in [2.05, 4.69) is 10.6 Å². The lowest BCUT2D eigenvalue weighted by Crippen LogP contribution is -2.19. The standard InChI is InChI=1S/C15H10Cl2F4N2S/c16-12-2-1-10(6-13(12)17)22-14(24)23-11-4-8(7-18)3-9(5-11)15(19,20)21/h1-6H,7H2,(H2,22,23,24). The number of benzene rings is 2. The van der Waals surface area contributed by atoms with E-state index in [1.165, 1.54) is 12.1 Å². The molecule has 0 radical (unpaired) electrons. The van der Waals surface area contributed by atoms with Gasteiger partial charge in [0.2, 0.25) is 0 Å². The molecule has 0 saturated heterocycles. The molecule has 0 aliphatic carbocycles. The first-order valence-corrected chi connectivity index (χ1v) is 7.65. The lowest BCUT2D eigenvalue weighted by Gasteiger charge is -2.14. The highest BCUT2D eigenvalue weighted by molar-refractivity contribution is 7.80. The number of anilines is 2. The molecule has 0 amide bonds. The molecular formula is C15H10Cl2F4N2S. The largest absolute Gasteiger partial charge is 0.416 e. The maximum atomic E-state index is 12.8. The average Bonchev–Trinajstić information content (AvgIpc) is 2.49. The minimum Gasteiger partial charge on any atom is -0.332 e. The molecule has 2 nitrogen and oxygen atoms in total. The molecule has 0 heterocycles. The third-order valence-corrected chi connectivity index (χ3v) is 3.85. The van der Waals surface area contributed by atoms with Gasteiger partial charge in [0, 0.05) is 11.4 Å². The van der Waals surface area contributed by atoms with Gasteiger partial charge in [-0.15, -0.1) is 0 Å². The third kappa shape index (κ3) is 4.96. The fourth-order valence-corrected chi connectivity index (χ4v) is 2.41. The first kappa shape index (κ1) is 18.8. The van der Waals surface area contributed by atoms with Crippen molar-refractivity contribution < 1.29 is 17.6 Å². The van der Waals surface area contributed by atoms with Crippen molar-refractivity contribution in [2.24, 2.45) is 0 Å². The summed E-state index contributed by atoms with van der Waals surface area (Å²) in [6.07, 6.45) is -4.58. The summed E-state index contributed by atoms with van der Waals surface area (Å²) in [4.78, 5) is 0. The SMILES string of the molecule is FCc1cc(NC(=S)Nc2ccc(Cl)c(Cl)c2)cc(C(F)(F)F)c1. The second-order valence-electron chi connectivity index (χ2n) is 4.76. The summed E-state index contributed by atoms with van der Waals surface area (Å²) in [5.74, 6) is 0. The molecule has 2 N–H and O–H groups in total. The van der Waals surface area contributed by atoms with Crippen LogP contribution in [0.1, 0.15) is 11.1 Å². The molecule has 0 saturated carbocycles. The average molecular weight is 397 g/mol. The molecule has 9 heteroatoms. The third-order valence-electron chi connectivity index (χ3n) is 2.91. The molecule has 2 aromatic carbocycles. The van der Waals surface area contributed by atoms with Crippen molar-refractivity contribution in [1.29, 1.82) is 0 Å². The summed E-state index contributed by atoms with van der Waals surface area (Å²) in [5.41, 5.74) is -0.545. The van der Waals surface area contributed by atoms with Crippen LogP contribution in [0.25, 0.3) is 0 Å². The van der Waals surface area contributed by atoms with E-state index in [1.54, 1.807) is 12.1 Å². The van der Waals surface area contributed by atoms with E-state index in [0.29, 0.717) is 15.7 Å². The first-order valence-electron chi connectivity index (χ1n) is 6.49. The van der Waals surface area contributed by atoms with Gasteiger partial charge in [0.15, 0.2) is 5.11 Å².